The number of fused-ring (bicyclic) bond motifs is 1. The Kier molecular flexibility index (Phi) is 5.00. The third kappa shape index (κ3) is 3.38. The van der Waals surface area contributed by atoms with E-state index in [1.807, 2.05) is 11.1 Å². The first-order valence-corrected chi connectivity index (χ1v) is 10.3. The number of nitrogens with two attached hydrogens (primary N) is 1. The second-order valence-corrected chi connectivity index (χ2v) is 8.29. The minimum absolute atomic E-state index is 0.0588. The maximum atomic E-state index is 12.9. The van der Waals surface area contributed by atoms with Crippen LogP contribution >= 0.6 is 0 Å². The lowest BCUT2D eigenvalue weighted by Gasteiger charge is -2.35. The summed E-state index contributed by atoms with van der Waals surface area (Å²) in [5.74, 6) is 1.88. The van der Waals surface area contributed by atoms with Crippen molar-refractivity contribution in [1.29, 1.82) is 0 Å². The van der Waals surface area contributed by atoms with E-state index >= 15 is 0 Å². The molecule has 6 nitrogen and oxygen atoms in total. The molecule has 2 aliphatic heterocycles. The standard InChI is InChI=1S/C20H30N4O2/c21-18(25)14-6-9-23(10-7-14)20(26)16-8-11-24-17(12-16)13-22-19(24)15-4-2-1-3-5-15/h13-16H,1-12H2,(H2,21,25). The fraction of sp³-hybridized carbons (Fsp3) is 0.750. The van der Waals surface area contributed by atoms with Crippen LogP contribution in [0.2, 0.25) is 0 Å². The number of aromatic nitrogens is 2. The number of rotatable bonds is 3. The van der Waals surface area contributed by atoms with E-state index in [0.29, 0.717) is 31.8 Å². The fourth-order valence-corrected chi connectivity index (χ4v) is 5.03. The molecular weight excluding hydrogens is 328 g/mol. The number of piperidine rings is 1. The number of hydrogen-bond acceptors (Lipinski definition) is 3. The Balaban J connectivity index is 1.39. The van der Waals surface area contributed by atoms with Crippen LogP contribution in [-0.2, 0) is 22.6 Å². The Morgan fingerprint density at radius 2 is 1.65 bits per heavy atom. The molecule has 1 aliphatic carbocycles. The van der Waals surface area contributed by atoms with Crippen LogP contribution in [0.25, 0.3) is 0 Å². The normalized spacial score (nSPS) is 25.1. The number of primary amides is 1. The summed E-state index contributed by atoms with van der Waals surface area (Å²) in [6, 6.07) is 0. The lowest BCUT2D eigenvalue weighted by atomic mass is 9.88. The average molecular weight is 358 g/mol. The van der Waals surface area contributed by atoms with E-state index in [1.165, 1.54) is 43.6 Å². The van der Waals surface area contributed by atoms with E-state index in [0.717, 1.165) is 19.4 Å². The molecule has 0 aromatic carbocycles. The number of carbonyl (C=O) groups is 2. The van der Waals surface area contributed by atoms with Gasteiger partial charge in [0.1, 0.15) is 5.82 Å². The Labute approximate surface area is 155 Å². The lowest BCUT2D eigenvalue weighted by Crippen LogP contribution is -2.45. The molecule has 2 fully saturated rings. The number of carbonyl (C=O) groups excluding carboxylic acids is 2. The van der Waals surface area contributed by atoms with Crippen LogP contribution in [0.3, 0.4) is 0 Å². The Morgan fingerprint density at radius 3 is 2.35 bits per heavy atom. The second kappa shape index (κ2) is 7.41. The van der Waals surface area contributed by atoms with Crippen molar-refractivity contribution in [3.05, 3.63) is 17.7 Å². The van der Waals surface area contributed by atoms with Gasteiger partial charge in [-0.05, 0) is 32.1 Å². The predicted octanol–water partition coefficient (Wildman–Crippen LogP) is 2.22. The highest BCUT2D eigenvalue weighted by Gasteiger charge is 2.33. The zero-order valence-electron chi connectivity index (χ0n) is 15.5. The van der Waals surface area contributed by atoms with Crippen molar-refractivity contribution in [3.63, 3.8) is 0 Å². The summed E-state index contributed by atoms with van der Waals surface area (Å²) in [6.45, 7) is 2.24. The van der Waals surface area contributed by atoms with E-state index in [4.69, 9.17) is 10.7 Å². The molecule has 2 N–H and O–H groups in total. The van der Waals surface area contributed by atoms with Crippen LogP contribution in [0.15, 0.2) is 6.20 Å². The molecule has 3 aliphatic rings. The number of hydrogen-bond donors (Lipinski definition) is 1. The summed E-state index contributed by atoms with van der Waals surface area (Å²) in [4.78, 5) is 30.9. The Morgan fingerprint density at radius 1 is 0.962 bits per heavy atom. The van der Waals surface area contributed by atoms with Gasteiger partial charge in [0.05, 0.1) is 0 Å². The quantitative estimate of drug-likeness (QED) is 0.899. The number of nitrogens with zero attached hydrogens (tertiary/aromatic N) is 3. The molecule has 2 amide bonds. The summed E-state index contributed by atoms with van der Waals surface area (Å²) in [7, 11) is 0. The van der Waals surface area contributed by atoms with E-state index < -0.39 is 0 Å². The van der Waals surface area contributed by atoms with Gasteiger partial charge in [-0.15, -0.1) is 0 Å². The van der Waals surface area contributed by atoms with Gasteiger partial charge in [0.2, 0.25) is 11.8 Å². The number of amides is 2. The molecule has 1 atom stereocenters. The SMILES string of the molecule is NC(=O)C1CCN(C(=O)C2CCn3c(cnc3C3CCCCC3)C2)CC1. The van der Waals surface area contributed by atoms with Gasteiger partial charge in [0, 0.05) is 55.7 Å². The Hall–Kier alpha value is -1.85. The molecule has 0 spiro atoms. The summed E-state index contributed by atoms with van der Waals surface area (Å²) in [6.07, 6.45) is 11.6. The first kappa shape index (κ1) is 17.6. The molecule has 4 rings (SSSR count). The molecule has 1 unspecified atom stereocenters. The monoisotopic (exact) mass is 358 g/mol. The lowest BCUT2D eigenvalue weighted by molar-refractivity contribution is -0.139. The van der Waals surface area contributed by atoms with Crippen molar-refractivity contribution < 1.29 is 9.59 Å². The summed E-state index contributed by atoms with van der Waals surface area (Å²) in [5.41, 5.74) is 6.62. The first-order valence-electron chi connectivity index (χ1n) is 10.3. The molecule has 0 radical (unpaired) electrons. The molecule has 26 heavy (non-hydrogen) atoms. The van der Waals surface area contributed by atoms with Gasteiger partial charge in [-0.3, -0.25) is 9.59 Å². The van der Waals surface area contributed by atoms with Crippen molar-refractivity contribution in [1.82, 2.24) is 14.5 Å². The van der Waals surface area contributed by atoms with Gasteiger partial charge in [-0.1, -0.05) is 19.3 Å². The maximum Gasteiger partial charge on any atom is 0.226 e. The molecule has 1 saturated heterocycles. The maximum absolute atomic E-state index is 12.9. The van der Waals surface area contributed by atoms with Crippen molar-refractivity contribution in [2.75, 3.05) is 13.1 Å². The molecule has 0 bridgehead atoms. The summed E-state index contributed by atoms with van der Waals surface area (Å²) >= 11 is 0. The van der Waals surface area contributed by atoms with Gasteiger partial charge in [-0.25, -0.2) is 4.98 Å². The van der Waals surface area contributed by atoms with Crippen LogP contribution in [-0.4, -0.2) is 39.4 Å². The van der Waals surface area contributed by atoms with E-state index in [2.05, 4.69) is 4.57 Å². The molecular formula is C20H30N4O2. The van der Waals surface area contributed by atoms with Crippen LogP contribution < -0.4 is 5.73 Å². The third-order valence-corrected chi connectivity index (χ3v) is 6.65. The molecule has 1 saturated carbocycles. The summed E-state index contributed by atoms with van der Waals surface area (Å²) in [5, 5.41) is 0. The topological polar surface area (TPSA) is 81.2 Å². The van der Waals surface area contributed by atoms with Gasteiger partial charge < -0.3 is 15.2 Å². The molecule has 142 valence electrons. The summed E-state index contributed by atoms with van der Waals surface area (Å²) < 4.78 is 2.39. The zero-order valence-corrected chi connectivity index (χ0v) is 15.5. The third-order valence-electron chi connectivity index (χ3n) is 6.65. The minimum atomic E-state index is -0.228. The highest BCUT2D eigenvalue weighted by Crippen LogP contribution is 2.34. The Bertz CT molecular complexity index is 669. The minimum Gasteiger partial charge on any atom is -0.369 e. The van der Waals surface area contributed by atoms with Crippen molar-refractivity contribution in [2.24, 2.45) is 17.6 Å². The second-order valence-electron chi connectivity index (χ2n) is 8.29. The molecule has 3 heterocycles. The highest BCUT2D eigenvalue weighted by molar-refractivity contribution is 5.80. The molecule has 6 heteroatoms. The molecule has 1 aromatic heterocycles. The smallest absolute Gasteiger partial charge is 0.226 e. The van der Waals surface area contributed by atoms with Crippen molar-refractivity contribution in [2.45, 2.75) is 70.3 Å². The van der Waals surface area contributed by atoms with Gasteiger partial charge in [-0.2, -0.15) is 0 Å². The van der Waals surface area contributed by atoms with Crippen LogP contribution in [0.5, 0.6) is 0 Å². The van der Waals surface area contributed by atoms with Gasteiger partial charge >= 0.3 is 0 Å². The van der Waals surface area contributed by atoms with Crippen LogP contribution in [0.1, 0.15) is 68.8 Å². The van der Waals surface area contributed by atoms with Gasteiger partial charge in [0.25, 0.3) is 0 Å². The van der Waals surface area contributed by atoms with Gasteiger partial charge in [0.15, 0.2) is 0 Å². The fourth-order valence-electron chi connectivity index (χ4n) is 5.03. The van der Waals surface area contributed by atoms with E-state index in [-0.39, 0.29) is 23.7 Å². The van der Waals surface area contributed by atoms with E-state index in [9.17, 15) is 9.59 Å². The molecule has 1 aromatic rings. The predicted molar refractivity (Wildman–Crippen MR) is 98.4 cm³/mol. The van der Waals surface area contributed by atoms with Crippen molar-refractivity contribution >= 4 is 11.8 Å². The average Bonchev–Trinajstić information content (AvgIpc) is 3.11. The first-order chi connectivity index (χ1) is 12.6. The van der Waals surface area contributed by atoms with E-state index in [1.54, 1.807) is 0 Å². The number of imidazole rings is 1. The van der Waals surface area contributed by atoms with Crippen molar-refractivity contribution in [3.8, 4) is 0 Å². The highest BCUT2D eigenvalue weighted by atomic mass is 16.2. The van der Waals surface area contributed by atoms with Crippen LogP contribution in [0, 0.1) is 11.8 Å². The largest absolute Gasteiger partial charge is 0.369 e. The number of likely N-dealkylation sites (tertiary alicyclic amines) is 1. The van der Waals surface area contributed by atoms with Crippen LogP contribution in [0.4, 0.5) is 0 Å². The zero-order chi connectivity index (χ0) is 18.1.